The summed E-state index contributed by atoms with van der Waals surface area (Å²) in [5.74, 6) is -0.962. The molecule has 0 heterocycles. The van der Waals surface area contributed by atoms with Gasteiger partial charge in [-0.1, -0.05) is 31.0 Å². The Bertz CT molecular complexity index is 460. The molecule has 5 heteroatoms. The molecule has 2 rings (SSSR count). The van der Waals surface area contributed by atoms with Crippen molar-refractivity contribution in [1.29, 1.82) is 0 Å². The van der Waals surface area contributed by atoms with Crippen molar-refractivity contribution in [2.45, 2.75) is 31.7 Å². The SMILES string of the molecule is O=C(COc1ccccc1)N[C@@H]1CCCC[C@@H]1C(=O)O. The Morgan fingerprint density at radius 3 is 2.60 bits per heavy atom. The van der Waals surface area contributed by atoms with Crippen molar-refractivity contribution < 1.29 is 19.4 Å². The van der Waals surface area contributed by atoms with Gasteiger partial charge in [-0.3, -0.25) is 9.59 Å². The van der Waals surface area contributed by atoms with Crippen LogP contribution in [0.5, 0.6) is 5.75 Å². The molecule has 1 saturated carbocycles. The number of nitrogens with one attached hydrogen (secondary N) is 1. The third-order valence-electron chi connectivity index (χ3n) is 3.54. The number of hydrogen-bond acceptors (Lipinski definition) is 3. The molecule has 0 unspecified atom stereocenters. The molecule has 1 aliphatic carbocycles. The Labute approximate surface area is 117 Å². The van der Waals surface area contributed by atoms with Crippen molar-refractivity contribution in [3.8, 4) is 5.75 Å². The van der Waals surface area contributed by atoms with E-state index in [4.69, 9.17) is 9.84 Å². The number of carbonyl (C=O) groups is 2. The number of ether oxygens (including phenoxy) is 1. The molecule has 0 saturated heterocycles. The van der Waals surface area contributed by atoms with Crippen molar-refractivity contribution in [1.82, 2.24) is 5.32 Å². The third kappa shape index (κ3) is 3.98. The Hall–Kier alpha value is -2.04. The molecule has 0 aromatic heterocycles. The molecular weight excluding hydrogens is 258 g/mol. The van der Waals surface area contributed by atoms with Gasteiger partial charge in [-0.15, -0.1) is 0 Å². The molecule has 0 bridgehead atoms. The van der Waals surface area contributed by atoms with E-state index in [0.29, 0.717) is 18.6 Å². The zero-order valence-electron chi connectivity index (χ0n) is 11.2. The van der Waals surface area contributed by atoms with Gasteiger partial charge in [-0.2, -0.15) is 0 Å². The largest absolute Gasteiger partial charge is 0.484 e. The molecule has 1 aliphatic rings. The van der Waals surface area contributed by atoms with Crippen molar-refractivity contribution in [3.05, 3.63) is 30.3 Å². The van der Waals surface area contributed by atoms with E-state index in [1.54, 1.807) is 12.1 Å². The van der Waals surface area contributed by atoms with Gasteiger partial charge < -0.3 is 15.2 Å². The molecule has 1 aromatic carbocycles. The summed E-state index contributed by atoms with van der Waals surface area (Å²) < 4.78 is 5.35. The van der Waals surface area contributed by atoms with Crippen LogP contribution in [0.3, 0.4) is 0 Å². The summed E-state index contributed by atoms with van der Waals surface area (Å²) in [5, 5.41) is 11.9. The first kappa shape index (κ1) is 14.4. The molecule has 0 radical (unpaired) electrons. The van der Waals surface area contributed by atoms with Gasteiger partial charge in [0.15, 0.2) is 6.61 Å². The fraction of sp³-hybridized carbons (Fsp3) is 0.467. The zero-order chi connectivity index (χ0) is 14.4. The highest BCUT2D eigenvalue weighted by atomic mass is 16.5. The average molecular weight is 277 g/mol. The third-order valence-corrected chi connectivity index (χ3v) is 3.54. The van der Waals surface area contributed by atoms with Crippen LogP contribution >= 0.6 is 0 Å². The molecule has 2 N–H and O–H groups in total. The average Bonchev–Trinajstić information content (AvgIpc) is 2.46. The number of aliphatic carboxylic acids is 1. The van der Waals surface area contributed by atoms with Crippen LogP contribution in [0, 0.1) is 5.92 Å². The number of amides is 1. The van der Waals surface area contributed by atoms with Gasteiger partial charge in [0, 0.05) is 6.04 Å². The van der Waals surface area contributed by atoms with E-state index < -0.39 is 11.9 Å². The van der Waals surface area contributed by atoms with Crippen LogP contribution in [0.2, 0.25) is 0 Å². The standard InChI is InChI=1S/C15H19NO4/c17-14(10-20-11-6-2-1-3-7-11)16-13-9-5-4-8-12(13)15(18)19/h1-3,6-7,12-13H,4-5,8-10H2,(H,16,17)(H,18,19)/t12-,13+/m0/s1. The van der Waals surface area contributed by atoms with Crippen LogP contribution in [0.1, 0.15) is 25.7 Å². The van der Waals surface area contributed by atoms with E-state index in [-0.39, 0.29) is 18.6 Å². The van der Waals surface area contributed by atoms with Crippen LogP contribution in [0.15, 0.2) is 30.3 Å². The normalized spacial score (nSPS) is 22.0. The Kier molecular flexibility index (Phi) is 4.98. The lowest BCUT2D eigenvalue weighted by molar-refractivity contribution is -0.144. The van der Waals surface area contributed by atoms with Crippen LogP contribution in [0.4, 0.5) is 0 Å². The molecule has 20 heavy (non-hydrogen) atoms. The van der Waals surface area contributed by atoms with Crippen LogP contribution in [-0.2, 0) is 9.59 Å². The smallest absolute Gasteiger partial charge is 0.308 e. The number of carbonyl (C=O) groups excluding carboxylic acids is 1. The predicted octanol–water partition coefficient (Wildman–Crippen LogP) is 1.82. The molecule has 1 amide bonds. The Morgan fingerprint density at radius 2 is 1.90 bits per heavy atom. The van der Waals surface area contributed by atoms with Crippen molar-refractivity contribution in [2.75, 3.05) is 6.61 Å². The summed E-state index contributed by atoms with van der Waals surface area (Å²) in [6, 6.07) is 8.78. The summed E-state index contributed by atoms with van der Waals surface area (Å²) in [6.45, 7) is -0.0904. The van der Waals surface area contributed by atoms with Gasteiger partial charge in [-0.05, 0) is 25.0 Å². The van der Waals surface area contributed by atoms with Gasteiger partial charge >= 0.3 is 5.97 Å². The van der Waals surface area contributed by atoms with Crippen molar-refractivity contribution >= 4 is 11.9 Å². The van der Waals surface area contributed by atoms with E-state index >= 15 is 0 Å². The molecule has 5 nitrogen and oxygen atoms in total. The molecule has 0 aliphatic heterocycles. The fourth-order valence-corrected chi connectivity index (χ4v) is 2.51. The highest BCUT2D eigenvalue weighted by Crippen LogP contribution is 2.24. The topological polar surface area (TPSA) is 75.6 Å². The van der Waals surface area contributed by atoms with Crippen molar-refractivity contribution in [3.63, 3.8) is 0 Å². The monoisotopic (exact) mass is 277 g/mol. The number of carboxylic acid groups (broad SMARTS) is 1. The highest BCUT2D eigenvalue weighted by molar-refractivity contribution is 5.79. The first-order valence-corrected chi connectivity index (χ1v) is 6.87. The maximum absolute atomic E-state index is 11.8. The first-order valence-electron chi connectivity index (χ1n) is 6.87. The maximum Gasteiger partial charge on any atom is 0.308 e. The van der Waals surface area contributed by atoms with Gasteiger partial charge in [-0.25, -0.2) is 0 Å². The molecule has 108 valence electrons. The minimum absolute atomic E-state index is 0.0904. The minimum Gasteiger partial charge on any atom is -0.484 e. The lowest BCUT2D eigenvalue weighted by Crippen LogP contribution is -2.46. The van der Waals surface area contributed by atoms with Crippen LogP contribution in [-0.4, -0.2) is 29.6 Å². The Morgan fingerprint density at radius 1 is 1.20 bits per heavy atom. The zero-order valence-corrected chi connectivity index (χ0v) is 11.2. The van der Waals surface area contributed by atoms with E-state index in [1.165, 1.54) is 0 Å². The number of carboxylic acids is 1. The van der Waals surface area contributed by atoms with Crippen molar-refractivity contribution in [2.24, 2.45) is 5.92 Å². The molecular formula is C15H19NO4. The molecule has 2 atom stereocenters. The summed E-state index contributed by atoms with van der Waals surface area (Å²) in [5.41, 5.74) is 0. The maximum atomic E-state index is 11.8. The van der Waals surface area contributed by atoms with E-state index in [1.807, 2.05) is 18.2 Å². The van der Waals surface area contributed by atoms with Gasteiger partial charge in [0.05, 0.1) is 5.92 Å². The second kappa shape index (κ2) is 6.93. The fourth-order valence-electron chi connectivity index (χ4n) is 2.51. The first-order chi connectivity index (χ1) is 9.66. The quantitative estimate of drug-likeness (QED) is 0.861. The van der Waals surface area contributed by atoms with Gasteiger partial charge in [0.25, 0.3) is 5.91 Å². The van der Waals surface area contributed by atoms with E-state index in [9.17, 15) is 9.59 Å². The summed E-state index contributed by atoms with van der Waals surface area (Å²) >= 11 is 0. The highest BCUT2D eigenvalue weighted by Gasteiger charge is 2.31. The van der Waals surface area contributed by atoms with Gasteiger partial charge in [0.2, 0.25) is 0 Å². The Balaban J connectivity index is 1.82. The number of hydrogen-bond donors (Lipinski definition) is 2. The number of para-hydroxylation sites is 1. The summed E-state index contributed by atoms with van der Waals surface area (Å²) in [7, 11) is 0. The minimum atomic E-state index is -0.834. The predicted molar refractivity (Wildman–Crippen MR) is 73.5 cm³/mol. The van der Waals surface area contributed by atoms with E-state index in [2.05, 4.69) is 5.32 Å². The summed E-state index contributed by atoms with van der Waals surface area (Å²) in [6.07, 6.45) is 3.20. The second-order valence-electron chi connectivity index (χ2n) is 5.00. The molecule has 0 spiro atoms. The second-order valence-corrected chi connectivity index (χ2v) is 5.00. The lowest BCUT2D eigenvalue weighted by Gasteiger charge is -2.29. The number of benzene rings is 1. The van der Waals surface area contributed by atoms with Crippen LogP contribution < -0.4 is 10.1 Å². The lowest BCUT2D eigenvalue weighted by atomic mass is 9.84. The number of rotatable bonds is 5. The summed E-state index contributed by atoms with van der Waals surface area (Å²) in [4.78, 5) is 23.0. The molecule has 1 aromatic rings. The molecule has 1 fully saturated rings. The van der Waals surface area contributed by atoms with E-state index in [0.717, 1.165) is 12.8 Å². The van der Waals surface area contributed by atoms with Crippen LogP contribution in [0.25, 0.3) is 0 Å². The van der Waals surface area contributed by atoms with Gasteiger partial charge in [0.1, 0.15) is 5.75 Å².